The van der Waals surface area contributed by atoms with E-state index < -0.39 is 12.2 Å². The van der Waals surface area contributed by atoms with Crippen molar-refractivity contribution in [1.29, 1.82) is 0 Å². The van der Waals surface area contributed by atoms with Crippen LogP contribution in [-0.2, 0) is 9.47 Å². The van der Waals surface area contributed by atoms with Crippen LogP contribution in [0.3, 0.4) is 0 Å². The van der Waals surface area contributed by atoms with Gasteiger partial charge in [-0.2, -0.15) is 0 Å². The molecule has 0 fully saturated rings. The predicted octanol–water partition coefficient (Wildman–Crippen LogP) is 9.63. The molecule has 4 aromatic rings. The number of hydrogen-bond acceptors (Lipinski definition) is 5. The number of carbonyl (C=O) groups is 2. The van der Waals surface area contributed by atoms with Crippen LogP contribution in [-0.4, -0.2) is 36.5 Å². The van der Waals surface area contributed by atoms with Gasteiger partial charge in [-0.15, -0.1) is 0 Å². The van der Waals surface area contributed by atoms with Crippen molar-refractivity contribution in [2.45, 2.75) is 71.5 Å². The standard InChI is InChI=1S/C18H20O2.C14H12O2.C8H18O/c1-2-3-14-20-18(16-12-8-5-9-13-16)17(19)15-10-6-4-7-11-15;15-13(11-7-3-1-4-8-11)14(16)12-9-5-2-6-10-12;1-3-5-7-9-8-6-4-2/h4-13,18H,2-3,14H2,1H3;1-10,13,15H;3-8H2,1-2H3. The highest BCUT2D eigenvalue weighted by Crippen LogP contribution is 2.23. The molecule has 45 heavy (non-hydrogen) atoms. The molecule has 0 radical (unpaired) electrons. The second-order valence-electron chi connectivity index (χ2n) is 10.6. The molecular weight excluding hydrogens is 560 g/mol. The van der Waals surface area contributed by atoms with Crippen molar-refractivity contribution in [2.24, 2.45) is 0 Å². The highest BCUT2D eigenvalue weighted by molar-refractivity contribution is 6.00. The fourth-order valence-corrected chi connectivity index (χ4v) is 4.19. The van der Waals surface area contributed by atoms with Crippen molar-refractivity contribution in [2.75, 3.05) is 19.8 Å². The van der Waals surface area contributed by atoms with E-state index in [2.05, 4.69) is 20.8 Å². The van der Waals surface area contributed by atoms with Gasteiger partial charge in [0.2, 0.25) is 0 Å². The lowest BCUT2D eigenvalue weighted by atomic mass is 10.00. The second kappa shape index (κ2) is 23.5. The van der Waals surface area contributed by atoms with Crippen LogP contribution in [0, 0.1) is 0 Å². The first-order valence-corrected chi connectivity index (χ1v) is 16.2. The molecule has 2 unspecified atom stereocenters. The molecule has 2 atom stereocenters. The number of aliphatic hydroxyl groups excluding tert-OH is 1. The Hall–Kier alpha value is -3.90. The molecule has 0 amide bonds. The van der Waals surface area contributed by atoms with Crippen molar-refractivity contribution in [3.8, 4) is 0 Å². The first kappa shape index (κ1) is 37.3. The number of aliphatic hydroxyl groups is 1. The zero-order valence-corrected chi connectivity index (χ0v) is 27.1. The molecule has 4 rings (SSSR count). The Kier molecular flexibility index (Phi) is 19.5. The van der Waals surface area contributed by atoms with E-state index in [4.69, 9.17) is 9.47 Å². The largest absolute Gasteiger partial charge is 0.381 e. The van der Waals surface area contributed by atoms with E-state index in [0.717, 1.165) is 31.6 Å². The first-order valence-electron chi connectivity index (χ1n) is 16.2. The number of benzene rings is 4. The van der Waals surface area contributed by atoms with E-state index >= 15 is 0 Å². The zero-order valence-electron chi connectivity index (χ0n) is 27.1. The quantitative estimate of drug-likeness (QED) is 0.101. The molecule has 5 nitrogen and oxygen atoms in total. The van der Waals surface area contributed by atoms with E-state index in [-0.39, 0.29) is 11.6 Å². The van der Waals surface area contributed by atoms with Crippen LogP contribution >= 0.6 is 0 Å². The maximum Gasteiger partial charge on any atom is 0.196 e. The third kappa shape index (κ3) is 14.6. The lowest BCUT2D eigenvalue weighted by Gasteiger charge is -2.17. The molecule has 0 saturated carbocycles. The highest BCUT2D eigenvalue weighted by Gasteiger charge is 2.22. The van der Waals surface area contributed by atoms with E-state index in [0.29, 0.717) is 23.3 Å². The van der Waals surface area contributed by atoms with Crippen LogP contribution in [0.4, 0.5) is 0 Å². The Morgan fingerprint density at radius 3 is 1.36 bits per heavy atom. The SMILES string of the molecule is CCCCOC(C(=O)c1ccccc1)c1ccccc1.CCCCOCCCC.O=C(c1ccccc1)C(O)c1ccccc1. The average molecular weight is 611 g/mol. The Balaban J connectivity index is 0.000000253. The molecule has 0 spiro atoms. The van der Waals surface area contributed by atoms with Crippen molar-refractivity contribution in [3.05, 3.63) is 144 Å². The Bertz CT molecular complexity index is 1290. The summed E-state index contributed by atoms with van der Waals surface area (Å²) < 4.78 is 11.1. The summed E-state index contributed by atoms with van der Waals surface area (Å²) in [7, 11) is 0. The number of rotatable bonds is 16. The van der Waals surface area contributed by atoms with Crippen LogP contribution in [0.5, 0.6) is 0 Å². The van der Waals surface area contributed by atoms with Gasteiger partial charge < -0.3 is 14.6 Å². The molecule has 0 heterocycles. The molecule has 0 bridgehead atoms. The van der Waals surface area contributed by atoms with Crippen molar-refractivity contribution >= 4 is 11.6 Å². The lowest BCUT2D eigenvalue weighted by Crippen LogP contribution is -2.17. The Morgan fingerprint density at radius 1 is 0.533 bits per heavy atom. The second-order valence-corrected chi connectivity index (χ2v) is 10.6. The van der Waals surface area contributed by atoms with E-state index in [9.17, 15) is 14.7 Å². The predicted molar refractivity (Wildman–Crippen MR) is 184 cm³/mol. The molecule has 1 N–H and O–H groups in total. The molecule has 4 aromatic carbocycles. The third-order valence-corrected chi connectivity index (χ3v) is 6.89. The molecule has 0 saturated heterocycles. The number of Topliss-reactive ketones (excluding diaryl/α,β-unsaturated/α-hetero) is 2. The maximum atomic E-state index is 12.6. The summed E-state index contributed by atoms with van der Waals surface area (Å²) in [5.74, 6) is -0.250. The average Bonchev–Trinajstić information content (AvgIpc) is 3.11. The summed E-state index contributed by atoms with van der Waals surface area (Å²) >= 11 is 0. The summed E-state index contributed by atoms with van der Waals surface area (Å²) in [6.07, 6.45) is 5.34. The van der Waals surface area contributed by atoms with Crippen LogP contribution in [0.2, 0.25) is 0 Å². The smallest absolute Gasteiger partial charge is 0.196 e. The van der Waals surface area contributed by atoms with Crippen molar-refractivity contribution < 1.29 is 24.2 Å². The molecule has 5 heteroatoms. The molecule has 0 aliphatic carbocycles. The number of unbranched alkanes of at least 4 members (excludes halogenated alkanes) is 3. The minimum Gasteiger partial charge on any atom is -0.381 e. The fraction of sp³-hybridized carbons (Fsp3) is 0.350. The molecule has 0 aliphatic rings. The monoisotopic (exact) mass is 610 g/mol. The summed E-state index contributed by atoms with van der Waals surface area (Å²) in [6, 6.07) is 36.8. The number of ketones is 2. The Labute approximate surface area is 270 Å². The summed E-state index contributed by atoms with van der Waals surface area (Å²) in [5.41, 5.74) is 2.76. The van der Waals surface area contributed by atoms with Gasteiger partial charge in [-0.25, -0.2) is 0 Å². The summed E-state index contributed by atoms with van der Waals surface area (Å²) in [6.45, 7) is 8.99. The molecular formula is C40H50O5. The zero-order chi connectivity index (χ0) is 32.5. The van der Waals surface area contributed by atoms with Crippen LogP contribution in [0.15, 0.2) is 121 Å². The van der Waals surface area contributed by atoms with Crippen LogP contribution in [0.1, 0.15) is 103 Å². The van der Waals surface area contributed by atoms with Gasteiger partial charge >= 0.3 is 0 Å². The Morgan fingerprint density at radius 2 is 0.911 bits per heavy atom. The van der Waals surface area contributed by atoms with E-state index in [1.165, 1.54) is 25.7 Å². The van der Waals surface area contributed by atoms with Gasteiger partial charge in [0.15, 0.2) is 11.6 Å². The highest BCUT2D eigenvalue weighted by atomic mass is 16.5. The number of hydrogen-bond donors (Lipinski definition) is 1. The molecule has 240 valence electrons. The first-order chi connectivity index (χ1) is 22.0. The van der Waals surface area contributed by atoms with Gasteiger partial charge in [0, 0.05) is 30.9 Å². The van der Waals surface area contributed by atoms with Gasteiger partial charge in [-0.05, 0) is 30.4 Å². The fourth-order valence-electron chi connectivity index (χ4n) is 4.19. The van der Waals surface area contributed by atoms with Gasteiger partial charge in [0.05, 0.1) is 0 Å². The lowest BCUT2D eigenvalue weighted by molar-refractivity contribution is 0.0395. The summed E-state index contributed by atoms with van der Waals surface area (Å²) in [4.78, 5) is 24.5. The molecule has 0 aliphatic heterocycles. The van der Waals surface area contributed by atoms with Crippen LogP contribution in [0.25, 0.3) is 0 Å². The number of ether oxygens (including phenoxy) is 2. The number of carbonyl (C=O) groups excluding carboxylic acids is 2. The van der Waals surface area contributed by atoms with Gasteiger partial charge in [-0.1, -0.05) is 161 Å². The topological polar surface area (TPSA) is 72.8 Å². The van der Waals surface area contributed by atoms with Gasteiger partial charge in [0.1, 0.15) is 12.2 Å². The summed E-state index contributed by atoms with van der Waals surface area (Å²) in [5, 5.41) is 9.89. The van der Waals surface area contributed by atoms with Crippen molar-refractivity contribution in [1.82, 2.24) is 0 Å². The van der Waals surface area contributed by atoms with Crippen molar-refractivity contribution in [3.63, 3.8) is 0 Å². The maximum absolute atomic E-state index is 12.6. The minimum absolute atomic E-state index is 0.0212. The minimum atomic E-state index is -1.08. The van der Waals surface area contributed by atoms with Gasteiger partial charge in [0.25, 0.3) is 0 Å². The van der Waals surface area contributed by atoms with Gasteiger partial charge in [-0.3, -0.25) is 9.59 Å². The van der Waals surface area contributed by atoms with E-state index in [1.807, 2.05) is 72.8 Å². The molecule has 0 aromatic heterocycles. The third-order valence-electron chi connectivity index (χ3n) is 6.89. The van der Waals surface area contributed by atoms with E-state index in [1.54, 1.807) is 48.5 Å². The normalized spacial score (nSPS) is 11.6. The van der Waals surface area contributed by atoms with Crippen LogP contribution < -0.4 is 0 Å².